The lowest BCUT2D eigenvalue weighted by molar-refractivity contribution is 0.494. The molecule has 0 radical (unpaired) electrons. The van der Waals surface area contributed by atoms with Crippen LogP contribution in [0.3, 0.4) is 0 Å². The zero-order valence-electron chi connectivity index (χ0n) is 8.28. The quantitative estimate of drug-likeness (QED) is 0.637. The van der Waals surface area contributed by atoms with Crippen LogP contribution in [0.5, 0.6) is 0 Å². The summed E-state index contributed by atoms with van der Waals surface area (Å²) in [7, 11) is 0. The molecule has 13 heavy (non-hydrogen) atoms. The van der Waals surface area contributed by atoms with Crippen molar-refractivity contribution in [3.8, 4) is 0 Å². The molecule has 0 saturated heterocycles. The van der Waals surface area contributed by atoms with E-state index in [9.17, 15) is 4.39 Å². The standard InChI is InChI=1S/C10H13BrFN/c1-6-7(11)5-13-9(12)8(6)10(2,3)4/h5H,1-4H3. The zero-order valence-corrected chi connectivity index (χ0v) is 9.87. The van der Waals surface area contributed by atoms with E-state index in [4.69, 9.17) is 0 Å². The summed E-state index contributed by atoms with van der Waals surface area (Å²) in [5, 5.41) is 0. The topological polar surface area (TPSA) is 12.9 Å². The Kier molecular flexibility index (Phi) is 2.76. The molecule has 0 amide bonds. The maximum Gasteiger partial charge on any atom is 0.216 e. The highest BCUT2D eigenvalue weighted by molar-refractivity contribution is 9.10. The van der Waals surface area contributed by atoms with Gasteiger partial charge in [0.15, 0.2) is 0 Å². The van der Waals surface area contributed by atoms with Gasteiger partial charge >= 0.3 is 0 Å². The molecule has 3 heteroatoms. The van der Waals surface area contributed by atoms with Crippen LogP contribution in [0.1, 0.15) is 31.9 Å². The minimum absolute atomic E-state index is 0.203. The maximum absolute atomic E-state index is 13.4. The number of halogens is 2. The molecule has 1 rings (SSSR count). The summed E-state index contributed by atoms with van der Waals surface area (Å²) < 4.78 is 14.3. The summed E-state index contributed by atoms with van der Waals surface area (Å²) in [5.41, 5.74) is 1.41. The minimum atomic E-state index is -0.367. The lowest BCUT2D eigenvalue weighted by Gasteiger charge is -2.22. The molecule has 1 aromatic rings. The molecule has 0 aromatic carbocycles. The van der Waals surface area contributed by atoms with Crippen molar-refractivity contribution in [1.29, 1.82) is 0 Å². The molecule has 0 aliphatic heterocycles. The van der Waals surface area contributed by atoms with E-state index in [0.29, 0.717) is 5.56 Å². The Morgan fingerprint density at radius 1 is 1.38 bits per heavy atom. The van der Waals surface area contributed by atoms with E-state index in [1.54, 1.807) is 0 Å². The molecular formula is C10H13BrFN. The van der Waals surface area contributed by atoms with Gasteiger partial charge in [0, 0.05) is 16.2 Å². The molecule has 0 unspecified atom stereocenters. The fraction of sp³-hybridized carbons (Fsp3) is 0.500. The van der Waals surface area contributed by atoms with Crippen LogP contribution < -0.4 is 0 Å². The van der Waals surface area contributed by atoms with Crippen molar-refractivity contribution in [3.05, 3.63) is 27.7 Å². The highest BCUT2D eigenvalue weighted by atomic mass is 79.9. The van der Waals surface area contributed by atoms with Gasteiger partial charge in [-0.15, -0.1) is 0 Å². The van der Waals surface area contributed by atoms with Gasteiger partial charge in [0.1, 0.15) is 0 Å². The number of pyridine rings is 1. The van der Waals surface area contributed by atoms with Gasteiger partial charge in [-0.3, -0.25) is 0 Å². The van der Waals surface area contributed by atoms with Crippen LogP contribution >= 0.6 is 15.9 Å². The second-order valence-electron chi connectivity index (χ2n) is 4.15. The summed E-state index contributed by atoms with van der Waals surface area (Å²) in [6, 6.07) is 0. The predicted octanol–water partition coefficient (Wildman–Crippen LogP) is 3.59. The second-order valence-corrected chi connectivity index (χ2v) is 5.00. The van der Waals surface area contributed by atoms with Crippen molar-refractivity contribution in [2.75, 3.05) is 0 Å². The summed E-state index contributed by atoms with van der Waals surface area (Å²) in [5.74, 6) is -0.367. The van der Waals surface area contributed by atoms with Crippen LogP contribution in [0.2, 0.25) is 0 Å². The van der Waals surface area contributed by atoms with E-state index in [1.165, 1.54) is 6.20 Å². The maximum atomic E-state index is 13.4. The first-order valence-corrected chi connectivity index (χ1v) is 4.94. The molecule has 1 heterocycles. The Balaban J connectivity index is 3.43. The van der Waals surface area contributed by atoms with E-state index in [-0.39, 0.29) is 11.4 Å². The molecule has 1 aromatic heterocycles. The van der Waals surface area contributed by atoms with E-state index >= 15 is 0 Å². The van der Waals surface area contributed by atoms with Crippen molar-refractivity contribution >= 4 is 15.9 Å². The molecule has 0 spiro atoms. The van der Waals surface area contributed by atoms with Crippen LogP contribution in [0, 0.1) is 12.9 Å². The van der Waals surface area contributed by atoms with E-state index in [2.05, 4.69) is 20.9 Å². The van der Waals surface area contributed by atoms with Crippen LogP contribution in [0.25, 0.3) is 0 Å². The Hall–Kier alpha value is -0.440. The number of rotatable bonds is 0. The molecule has 72 valence electrons. The van der Waals surface area contributed by atoms with Gasteiger partial charge < -0.3 is 0 Å². The Morgan fingerprint density at radius 3 is 2.31 bits per heavy atom. The smallest absolute Gasteiger partial charge is 0.216 e. The largest absolute Gasteiger partial charge is 0.227 e. The van der Waals surface area contributed by atoms with Crippen molar-refractivity contribution in [3.63, 3.8) is 0 Å². The third-order valence-electron chi connectivity index (χ3n) is 1.98. The van der Waals surface area contributed by atoms with Crippen LogP contribution in [0.4, 0.5) is 4.39 Å². The van der Waals surface area contributed by atoms with Gasteiger partial charge in [0.2, 0.25) is 5.95 Å². The predicted molar refractivity (Wildman–Crippen MR) is 55.3 cm³/mol. The monoisotopic (exact) mass is 245 g/mol. The molecule has 0 bridgehead atoms. The minimum Gasteiger partial charge on any atom is -0.227 e. The molecule has 0 aliphatic carbocycles. The molecule has 0 saturated carbocycles. The molecule has 0 aliphatic rings. The first-order valence-electron chi connectivity index (χ1n) is 4.15. The SMILES string of the molecule is Cc1c(Br)cnc(F)c1C(C)(C)C. The van der Waals surface area contributed by atoms with Gasteiger partial charge in [-0.25, -0.2) is 4.98 Å². The molecule has 0 atom stereocenters. The third kappa shape index (κ3) is 2.08. The Morgan fingerprint density at radius 2 is 1.92 bits per heavy atom. The zero-order chi connectivity index (χ0) is 10.2. The molecule has 0 fully saturated rings. The fourth-order valence-corrected chi connectivity index (χ4v) is 1.72. The van der Waals surface area contributed by atoms with E-state index in [1.807, 2.05) is 27.7 Å². The summed E-state index contributed by atoms with van der Waals surface area (Å²) >= 11 is 3.34. The number of aromatic nitrogens is 1. The normalized spacial score (nSPS) is 11.8. The Bertz CT molecular complexity index is 328. The number of hydrogen-bond donors (Lipinski definition) is 0. The summed E-state index contributed by atoms with van der Waals surface area (Å²) in [6.45, 7) is 7.83. The highest BCUT2D eigenvalue weighted by Gasteiger charge is 2.22. The van der Waals surface area contributed by atoms with Crippen molar-refractivity contribution in [2.24, 2.45) is 0 Å². The highest BCUT2D eigenvalue weighted by Crippen LogP contribution is 2.30. The fourth-order valence-electron chi connectivity index (χ4n) is 1.42. The molecule has 1 nitrogen and oxygen atoms in total. The number of hydrogen-bond acceptors (Lipinski definition) is 1. The lowest BCUT2D eigenvalue weighted by Crippen LogP contribution is -2.16. The van der Waals surface area contributed by atoms with Gasteiger partial charge in [-0.2, -0.15) is 4.39 Å². The van der Waals surface area contributed by atoms with Crippen molar-refractivity contribution in [1.82, 2.24) is 4.98 Å². The van der Waals surface area contributed by atoms with Gasteiger partial charge in [-0.1, -0.05) is 20.8 Å². The molecular weight excluding hydrogens is 233 g/mol. The van der Waals surface area contributed by atoms with Crippen LogP contribution in [-0.2, 0) is 5.41 Å². The Labute approximate surface area is 86.5 Å². The van der Waals surface area contributed by atoms with Gasteiger partial charge in [0.25, 0.3) is 0 Å². The van der Waals surface area contributed by atoms with Gasteiger partial charge in [0.05, 0.1) is 0 Å². The van der Waals surface area contributed by atoms with E-state index < -0.39 is 0 Å². The van der Waals surface area contributed by atoms with Crippen LogP contribution in [0.15, 0.2) is 10.7 Å². The molecule has 0 N–H and O–H groups in total. The summed E-state index contributed by atoms with van der Waals surface area (Å²) in [6.07, 6.45) is 1.50. The summed E-state index contributed by atoms with van der Waals surface area (Å²) in [4.78, 5) is 3.69. The van der Waals surface area contributed by atoms with Crippen molar-refractivity contribution in [2.45, 2.75) is 33.1 Å². The third-order valence-corrected chi connectivity index (χ3v) is 2.78. The first kappa shape index (κ1) is 10.6. The number of nitrogens with zero attached hydrogens (tertiary/aromatic N) is 1. The average molecular weight is 246 g/mol. The van der Waals surface area contributed by atoms with E-state index in [0.717, 1.165) is 10.0 Å². The average Bonchev–Trinajstić information content (AvgIpc) is 1.95. The lowest BCUT2D eigenvalue weighted by atomic mass is 9.85. The van der Waals surface area contributed by atoms with Gasteiger partial charge in [-0.05, 0) is 33.8 Å². The van der Waals surface area contributed by atoms with Crippen LogP contribution in [-0.4, -0.2) is 4.98 Å². The first-order chi connectivity index (χ1) is 5.84. The second kappa shape index (κ2) is 3.37. The van der Waals surface area contributed by atoms with Crippen molar-refractivity contribution < 1.29 is 4.39 Å².